The van der Waals surface area contributed by atoms with Crippen LogP contribution in [0.15, 0.2) is 52.3 Å². The summed E-state index contributed by atoms with van der Waals surface area (Å²) in [6.45, 7) is 6.98. The topological polar surface area (TPSA) is 41.9 Å². The maximum Gasteiger partial charge on any atom is 0.410 e. The number of halogens is 1. The molecule has 3 unspecified atom stereocenters. The van der Waals surface area contributed by atoms with Crippen LogP contribution in [-0.2, 0) is 4.74 Å². The van der Waals surface area contributed by atoms with Crippen molar-refractivity contribution in [2.24, 2.45) is 11.0 Å². The number of carbonyl (C=O) groups is 1. The number of nitrogens with zero attached hydrogens (tertiary/aromatic N) is 3. The van der Waals surface area contributed by atoms with E-state index in [0.29, 0.717) is 17.7 Å². The molecule has 27 heavy (non-hydrogen) atoms. The first-order valence-electron chi connectivity index (χ1n) is 9.43. The molecule has 140 valence electrons. The van der Waals surface area contributed by atoms with Gasteiger partial charge in [-0.15, -0.1) is 4.59 Å². The standard InChI is InChI=1S/C21H23FN3O2/c1-21(2,3)27-20(26)24-9-8-13-10-18-16-11-23-25(18,19(16)17(13)12-24)15-6-4-14(22)5-7-15/h4-7,10-11,17,19H,8-9,12H2,1-3H3/q+1. The molecule has 5 heterocycles. The Balaban J connectivity index is 1.45. The van der Waals surface area contributed by atoms with Gasteiger partial charge in [-0.1, -0.05) is 10.7 Å². The molecule has 4 bridgehead atoms. The van der Waals surface area contributed by atoms with Crippen LogP contribution in [0.1, 0.15) is 27.2 Å². The van der Waals surface area contributed by atoms with Gasteiger partial charge in [0.15, 0.2) is 17.4 Å². The molecule has 5 aliphatic heterocycles. The smallest absolute Gasteiger partial charge is 0.410 e. The number of hydrogen-bond donors (Lipinski definition) is 0. The van der Waals surface area contributed by atoms with Crippen molar-refractivity contribution in [2.75, 3.05) is 13.1 Å². The second kappa shape index (κ2) is 5.29. The van der Waals surface area contributed by atoms with Crippen LogP contribution in [0.25, 0.3) is 0 Å². The van der Waals surface area contributed by atoms with E-state index >= 15 is 0 Å². The van der Waals surface area contributed by atoms with Crippen LogP contribution in [0, 0.1) is 11.7 Å². The molecule has 1 aromatic rings. The summed E-state index contributed by atoms with van der Waals surface area (Å²) in [6, 6.07) is 6.78. The Morgan fingerprint density at radius 3 is 2.74 bits per heavy atom. The van der Waals surface area contributed by atoms with E-state index in [-0.39, 0.29) is 23.9 Å². The van der Waals surface area contributed by atoms with Gasteiger partial charge < -0.3 is 9.64 Å². The van der Waals surface area contributed by atoms with Crippen LogP contribution in [0.3, 0.4) is 0 Å². The Kier molecular flexibility index (Phi) is 3.27. The van der Waals surface area contributed by atoms with Crippen molar-refractivity contribution in [3.05, 3.63) is 53.0 Å². The molecule has 1 amide bonds. The predicted octanol–water partition coefficient (Wildman–Crippen LogP) is 3.97. The fourth-order valence-corrected chi connectivity index (χ4v) is 4.80. The van der Waals surface area contributed by atoms with Crippen molar-refractivity contribution in [3.8, 4) is 0 Å². The van der Waals surface area contributed by atoms with E-state index in [1.165, 1.54) is 29.0 Å². The number of ether oxygens (including phenoxy) is 1. The molecule has 6 heteroatoms. The number of carbonyl (C=O) groups excluding carboxylic acids is 1. The van der Waals surface area contributed by atoms with Crippen molar-refractivity contribution in [2.45, 2.75) is 38.8 Å². The predicted molar refractivity (Wildman–Crippen MR) is 101 cm³/mol. The number of benzene rings is 1. The van der Waals surface area contributed by atoms with E-state index in [1.807, 2.05) is 44.0 Å². The lowest BCUT2D eigenvalue weighted by atomic mass is 9.71. The Labute approximate surface area is 158 Å². The molecule has 0 saturated carbocycles. The lowest BCUT2D eigenvalue weighted by Crippen LogP contribution is -2.65. The Hall–Kier alpha value is -2.47. The average Bonchev–Trinajstić information content (AvgIpc) is 3.19. The highest BCUT2D eigenvalue weighted by Crippen LogP contribution is 2.57. The van der Waals surface area contributed by atoms with E-state index in [4.69, 9.17) is 9.84 Å². The summed E-state index contributed by atoms with van der Waals surface area (Å²) in [5.74, 6) is -0.0312. The van der Waals surface area contributed by atoms with Gasteiger partial charge in [-0.25, -0.2) is 9.18 Å². The SMILES string of the molecule is CC(C)(C)OC(=O)N1CCC2=CC3=C4C=N[N+]3(c3ccc(F)cc3)C4C2C1. The Morgan fingerprint density at radius 2 is 2.04 bits per heavy atom. The monoisotopic (exact) mass is 368 g/mol. The van der Waals surface area contributed by atoms with Gasteiger partial charge in [0.2, 0.25) is 0 Å². The lowest BCUT2D eigenvalue weighted by Gasteiger charge is -2.51. The summed E-state index contributed by atoms with van der Waals surface area (Å²) < 4.78 is 19.4. The van der Waals surface area contributed by atoms with Crippen molar-refractivity contribution in [3.63, 3.8) is 0 Å². The maximum absolute atomic E-state index is 13.4. The summed E-state index contributed by atoms with van der Waals surface area (Å²) in [7, 11) is 0. The molecule has 5 nitrogen and oxygen atoms in total. The molecule has 3 atom stereocenters. The number of likely N-dealkylation sites (tertiary alicyclic amines) is 1. The summed E-state index contributed by atoms with van der Waals surface area (Å²) in [6.07, 6.45) is 4.81. The van der Waals surface area contributed by atoms with Crippen molar-refractivity contribution in [1.82, 2.24) is 9.49 Å². The molecule has 6 aliphatic rings. The fourth-order valence-electron chi connectivity index (χ4n) is 4.80. The van der Waals surface area contributed by atoms with Gasteiger partial charge in [0.05, 0.1) is 12.1 Å². The van der Waals surface area contributed by atoms with Crippen LogP contribution in [-0.4, -0.2) is 41.9 Å². The van der Waals surface area contributed by atoms with Gasteiger partial charge >= 0.3 is 6.09 Å². The van der Waals surface area contributed by atoms with Crippen LogP contribution in [0.4, 0.5) is 14.9 Å². The molecule has 0 spiro atoms. The molecule has 0 radical (unpaired) electrons. The average molecular weight is 368 g/mol. The van der Waals surface area contributed by atoms with Crippen molar-refractivity contribution in [1.29, 1.82) is 0 Å². The molecule has 0 N–H and O–H groups in total. The number of rotatable bonds is 1. The molecule has 1 saturated heterocycles. The number of amides is 1. The zero-order chi connectivity index (χ0) is 19.0. The largest absolute Gasteiger partial charge is 0.444 e. The highest BCUT2D eigenvalue weighted by molar-refractivity contribution is 5.95. The maximum atomic E-state index is 13.4. The summed E-state index contributed by atoms with van der Waals surface area (Å²) >= 11 is 0. The third-order valence-corrected chi connectivity index (χ3v) is 5.90. The molecular formula is C21H23FN3O2+. The molecule has 7 rings (SSSR count). The van der Waals surface area contributed by atoms with Gasteiger partial charge in [-0.2, -0.15) is 0 Å². The third kappa shape index (κ3) is 2.26. The van der Waals surface area contributed by atoms with Gasteiger partial charge in [-0.05, 0) is 39.3 Å². The molecular weight excluding hydrogens is 345 g/mol. The van der Waals surface area contributed by atoms with Crippen LogP contribution >= 0.6 is 0 Å². The quantitative estimate of drug-likeness (QED) is 0.704. The van der Waals surface area contributed by atoms with Crippen LogP contribution < -0.4 is 4.59 Å². The summed E-state index contributed by atoms with van der Waals surface area (Å²) in [5.41, 5.74) is 4.31. The van der Waals surface area contributed by atoms with Gasteiger partial charge in [0.1, 0.15) is 17.0 Å². The van der Waals surface area contributed by atoms with E-state index in [2.05, 4.69) is 6.08 Å². The highest BCUT2D eigenvalue weighted by atomic mass is 19.1. The van der Waals surface area contributed by atoms with Crippen LogP contribution in [0.2, 0.25) is 0 Å². The second-order valence-corrected chi connectivity index (χ2v) is 8.69. The number of hydrogen-bond acceptors (Lipinski definition) is 3. The zero-order valence-corrected chi connectivity index (χ0v) is 15.8. The second-order valence-electron chi connectivity index (χ2n) is 8.69. The molecule has 0 aromatic heterocycles. The minimum absolute atomic E-state index is 0.177. The zero-order valence-electron chi connectivity index (χ0n) is 15.8. The number of allylic oxidation sites excluding steroid dienone is 1. The third-order valence-electron chi connectivity index (χ3n) is 5.90. The van der Waals surface area contributed by atoms with E-state index < -0.39 is 5.60 Å². The Bertz CT molecular complexity index is 926. The van der Waals surface area contributed by atoms with Gasteiger partial charge in [0.25, 0.3) is 0 Å². The van der Waals surface area contributed by atoms with Crippen LogP contribution in [0.5, 0.6) is 0 Å². The normalized spacial score (nSPS) is 30.7. The van der Waals surface area contributed by atoms with E-state index in [0.717, 1.165) is 12.1 Å². The lowest BCUT2D eigenvalue weighted by molar-refractivity contribution is 0.0162. The van der Waals surface area contributed by atoms with Gasteiger partial charge in [0, 0.05) is 31.3 Å². The van der Waals surface area contributed by atoms with Crippen molar-refractivity contribution >= 4 is 18.0 Å². The molecule has 1 fully saturated rings. The Morgan fingerprint density at radius 1 is 1.30 bits per heavy atom. The first-order chi connectivity index (χ1) is 12.8. The van der Waals surface area contributed by atoms with Crippen molar-refractivity contribution < 1.29 is 13.9 Å². The van der Waals surface area contributed by atoms with E-state index in [1.54, 1.807) is 0 Å². The first kappa shape index (κ1) is 16.7. The highest BCUT2D eigenvalue weighted by Gasteiger charge is 2.67. The summed E-state index contributed by atoms with van der Waals surface area (Å²) in [4.78, 5) is 14.4. The number of quaternary nitrogens is 1. The number of piperidine rings is 1. The minimum atomic E-state index is -0.501. The summed E-state index contributed by atoms with van der Waals surface area (Å²) in [5, 5.41) is 4.78. The molecule has 1 aromatic carbocycles. The fraction of sp³-hybridized carbons (Fsp3) is 0.429. The molecule has 1 aliphatic carbocycles. The van der Waals surface area contributed by atoms with Gasteiger partial charge in [-0.3, -0.25) is 0 Å². The van der Waals surface area contributed by atoms with E-state index in [9.17, 15) is 9.18 Å². The first-order valence-corrected chi connectivity index (χ1v) is 9.43. The minimum Gasteiger partial charge on any atom is -0.444 e.